The first-order chi connectivity index (χ1) is 8.31. The maximum absolute atomic E-state index is 10.6. The Morgan fingerprint density at radius 2 is 1.89 bits per heavy atom. The van der Waals surface area contributed by atoms with Crippen LogP contribution >= 0.6 is 12.4 Å². The van der Waals surface area contributed by atoms with Crippen molar-refractivity contribution in [3.63, 3.8) is 0 Å². The predicted molar refractivity (Wildman–Crippen MR) is 81.0 cm³/mol. The van der Waals surface area contributed by atoms with Gasteiger partial charge in [0.15, 0.2) is 0 Å². The molecule has 0 saturated carbocycles. The summed E-state index contributed by atoms with van der Waals surface area (Å²) in [4.78, 5) is 12.9. The van der Waals surface area contributed by atoms with E-state index in [9.17, 15) is 4.79 Å². The lowest BCUT2D eigenvalue weighted by molar-refractivity contribution is 0.112. The van der Waals surface area contributed by atoms with E-state index in [4.69, 9.17) is 0 Å². The van der Waals surface area contributed by atoms with Crippen LogP contribution in [0.4, 0.5) is 5.69 Å². The number of hydrogen-bond donors (Lipinski definition) is 0. The van der Waals surface area contributed by atoms with Gasteiger partial charge in [-0.3, -0.25) is 4.79 Å². The quantitative estimate of drug-likeness (QED) is 0.401. The molecule has 0 saturated heterocycles. The largest absolute Gasteiger partial charge is 0.368 e. The number of nitrogens with zero attached hydrogens (tertiary/aromatic N) is 1. The third-order valence-electron chi connectivity index (χ3n) is 2.78. The molecule has 3 heteroatoms. The van der Waals surface area contributed by atoms with Crippen LogP contribution in [-0.4, -0.2) is 19.4 Å². The van der Waals surface area contributed by atoms with Gasteiger partial charge in [-0.05, 0) is 30.7 Å². The maximum atomic E-state index is 10.6. The minimum Gasteiger partial charge on any atom is -0.368 e. The molecule has 100 valence electrons. The van der Waals surface area contributed by atoms with E-state index in [0.29, 0.717) is 0 Å². The smallest absolute Gasteiger partial charge is 0.150 e. The SMILES string of the molecule is C=CCN(CCCCC)c1ccc(C=O)cc1.Cl. The van der Waals surface area contributed by atoms with E-state index in [0.717, 1.165) is 30.6 Å². The van der Waals surface area contributed by atoms with E-state index >= 15 is 0 Å². The van der Waals surface area contributed by atoms with Gasteiger partial charge < -0.3 is 4.90 Å². The molecule has 0 amide bonds. The molecule has 0 fully saturated rings. The molecule has 0 unspecified atom stereocenters. The Morgan fingerprint density at radius 1 is 1.22 bits per heavy atom. The fourth-order valence-electron chi connectivity index (χ4n) is 1.80. The molecule has 0 aromatic heterocycles. The average molecular weight is 268 g/mol. The predicted octanol–water partition coefficient (Wildman–Crippen LogP) is 4.10. The zero-order valence-electron chi connectivity index (χ0n) is 11.0. The maximum Gasteiger partial charge on any atom is 0.150 e. The summed E-state index contributed by atoms with van der Waals surface area (Å²) in [6.07, 6.45) is 6.46. The lowest BCUT2D eigenvalue weighted by Gasteiger charge is -2.23. The van der Waals surface area contributed by atoms with Crippen molar-refractivity contribution in [3.05, 3.63) is 42.5 Å². The first kappa shape index (κ1) is 16.7. The molecule has 0 N–H and O–H groups in total. The second-order valence-electron chi connectivity index (χ2n) is 4.15. The highest BCUT2D eigenvalue weighted by Crippen LogP contribution is 2.15. The van der Waals surface area contributed by atoms with Crippen LogP contribution in [0.1, 0.15) is 36.5 Å². The van der Waals surface area contributed by atoms with E-state index in [1.807, 2.05) is 30.3 Å². The molecule has 0 atom stereocenters. The van der Waals surface area contributed by atoms with Crippen molar-refractivity contribution in [2.45, 2.75) is 26.2 Å². The van der Waals surface area contributed by atoms with Gasteiger partial charge in [0.2, 0.25) is 0 Å². The zero-order chi connectivity index (χ0) is 12.5. The summed E-state index contributed by atoms with van der Waals surface area (Å²) in [5, 5.41) is 0. The summed E-state index contributed by atoms with van der Waals surface area (Å²) < 4.78 is 0. The number of carbonyl (C=O) groups is 1. The highest BCUT2D eigenvalue weighted by molar-refractivity contribution is 5.85. The number of hydrogen-bond acceptors (Lipinski definition) is 2. The monoisotopic (exact) mass is 267 g/mol. The third kappa shape index (κ3) is 5.37. The van der Waals surface area contributed by atoms with Crippen LogP contribution in [0.25, 0.3) is 0 Å². The number of aldehydes is 1. The Bertz CT molecular complexity index is 348. The Hall–Kier alpha value is -1.28. The number of anilines is 1. The van der Waals surface area contributed by atoms with Crippen molar-refractivity contribution < 1.29 is 4.79 Å². The van der Waals surface area contributed by atoms with Gasteiger partial charge in [-0.2, -0.15) is 0 Å². The van der Waals surface area contributed by atoms with Crippen LogP contribution in [0.2, 0.25) is 0 Å². The lowest BCUT2D eigenvalue weighted by atomic mass is 10.2. The fourth-order valence-corrected chi connectivity index (χ4v) is 1.80. The van der Waals surface area contributed by atoms with Crippen molar-refractivity contribution >= 4 is 24.4 Å². The molecule has 1 aromatic carbocycles. The molecule has 1 aromatic rings. The summed E-state index contributed by atoms with van der Waals surface area (Å²) in [5.74, 6) is 0. The summed E-state index contributed by atoms with van der Waals surface area (Å²) >= 11 is 0. The van der Waals surface area contributed by atoms with E-state index in [1.165, 1.54) is 19.3 Å². The van der Waals surface area contributed by atoms with Crippen LogP contribution in [0.5, 0.6) is 0 Å². The van der Waals surface area contributed by atoms with Gasteiger partial charge >= 0.3 is 0 Å². The van der Waals surface area contributed by atoms with Gasteiger partial charge in [-0.1, -0.05) is 25.8 Å². The second-order valence-corrected chi connectivity index (χ2v) is 4.15. The van der Waals surface area contributed by atoms with E-state index in [-0.39, 0.29) is 12.4 Å². The molecule has 0 radical (unpaired) electrons. The zero-order valence-corrected chi connectivity index (χ0v) is 11.8. The topological polar surface area (TPSA) is 20.3 Å². The number of carbonyl (C=O) groups excluding carboxylic acids is 1. The molecule has 0 aliphatic rings. The van der Waals surface area contributed by atoms with Crippen molar-refractivity contribution in [1.29, 1.82) is 0 Å². The molecule has 0 heterocycles. The lowest BCUT2D eigenvalue weighted by Crippen LogP contribution is -2.24. The summed E-state index contributed by atoms with van der Waals surface area (Å²) in [6, 6.07) is 7.72. The molecule has 0 bridgehead atoms. The Morgan fingerprint density at radius 3 is 2.39 bits per heavy atom. The molecular formula is C15H22ClNO. The Balaban J connectivity index is 0.00000289. The molecule has 0 spiro atoms. The third-order valence-corrected chi connectivity index (χ3v) is 2.78. The first-order valence-electron chi connectivity index (χ1n) is 6.23. The van der Waals surface area contributed by atoms with Gasteiger partial charge in [0.25, 0.3) is 0 Å². The Labute approximate surface area is 116 Å². The van der Waals surface area contributed by atoms with Crippen molar-refractivity contribution in [3.8, 4) is 0 Å². The van der Waals surface area contributed by atoms with E-state index < -0.39 is 0 Å². The minimum absolute atomic E-state index is 0. The average Bonchev–Trinajstić information content (AvgIpc) is 2.38. The van der Waals surface area contributed by atoms with Gasteiger partial charge in [-0.25, -0.2) is 0 Å². The van der Waals surface area contributed by atoms with E-state index in [2.05, 4.69) is 18.4 Å². The van der Waals surface area contributed by atoms with Crippen LogP contribution in [0.3, 0.4) is 0 Å². The molecule has 2 nitrogen and oxygen atoms in total. The number of halogens is 1. The second kappa shape index (κ2) is 9.72. The molecule has 1 rings (SSSR count). The Kier molecular flexibility index (Phi) is 9.03. The highest BCUT2D eigenvalue weighted by Gasteiger charge is 2.04. The van der Waals surface area contributed by atoms with Crippen LogP contribution < -0.4 is 4.90 Å². The number of unbranched alkanes of at least 4 members (excludes halogenated alkanes) is 2. The summed E-state index contributed by atoms with van der Waals surface area (Å²) in [6.45, 7) is 7.89. The van der Waals surface area contributed by atoms with Crippen molar-refractivity contribution in [1.82, 2.24) is 0 Å². The molecule has 0 aliphatic carbocycles. The minimum atomic E-state index is 0. The number of benzene rings is 1. The normalized spacial score (nSPS) is 9.39. The first-order valence-corrected chi connectivity index (χ1v) is 6.23. The summed E-state index contributed by atoms with van der Waals surface area (Å²) in [5.41, 5.74) is 1.88. The molecule has 18 heavy (non-hydrogen) atoms. The standard InChI is InChI=1S/C15H21NO.ClH/c1-3-5-6-12-16(11-4-2)15-9-7-14(13-17)8-10-15;/h4,7-10,13H,2-3,5-6,11-12H2,1H3;1H. The number of rotatable bonds is 8. The highest BCUT2D eigenvalue weighted by atomic mass is 35.5. The van der Waals surface area contributed by atoms with Crippen molar-refractivity contribution in [2.75, 3.05) is 18.0 Å². The van der Waals surface area contributed by atoms with Gasteiger partial charge in [0.1, 0.15) is 6.29 Å². The van der Waals surface area contributed by atoms with Gasteiger partial charge in [0.05, 0.1) is 0 Å². The fraction of sp³-hybridized carbons (Fsp3) is 0.400. The van der Waals surface area contributed by atoms with Gasteiger partial charge in [-0.15, -0.1) is 19.0 Å². The van der Waals surface area contributed by atoms with E-state index in [1.54, 1.807) is 0 Å². The summed E-state index contributed by atoms with van der Waals surface area (Å²) in [7, 11) is 0. The van der Waals surface area contributed by atoms with Crippen LogP contribution in [0, 0.1) is 0 Å². The van der Waals surface area contributed by atoms with Crippen molar-refractivity contribution in [2.24, 2.45) is 0 Å². The molecule has 0 aliphatic heterocycles. The van der Waals surface area contributed by atoms with Crippen LogP contribution in [0.15, 0.2) is 36.9 Å². The molecular weight excluding hydrogens is 246 g/mol. The van der Waals surface area contributed by atoms with Gasteiger partial charge in [0, 0.05) is 24.3 Å². The van der Waals surface area contributed by atoms with Crippen LogP contribution in [-0.2, 0) is 0 Å².